The molecule has 0 fully saturated rings. The molecule has 0 aliphatic rings. The van der Waals surface area contributed by atoms with Gasteiger partial charge in [-0.25, -0.2) is 4.39 Å². The van der Waals surface area contributed by atoms with Crippen LogP contribution in [0.5, 0.6) is 0 Å². The summed E-state index contributed by atoms with van der Waals surface area (Å²) in [5.41, 5.74) is 1.61. The molecule has 31 heavy (non-hydrogen) atoms. The van der Waals surface area contributed by atoms with Crippen molar-refractivity contribution in [1.82, 2.24) is 4.31 Å². The van der Waals surface area contributed by atoms with E-state index in [9.17, 15) is 17.6 Å². The van der Waals surface area contributed by atoms with Crippen LogP contribution in [0, 0.1) is 5.82 Å². The molecule has 0 aromatic heterocycles. The van der Waals surface area contributed by atoms with E-state index in [1.165, 1.54) is 32.3 Å². The van der Waals surface area contributed by atoms with Gasteiger partial charge >= 0.3 is 10.2 Å². The Labute approximate surface area is 189 Å². The molecule has 3 aromatic rings. The monoisotopic (exact) mass is 505 g/mol. The third-order valence-corrected chi connectivity index (χ3v) is 6.78. The second-order valence-electron chi connectivity index (χ2n) is 6.91. The normalized spacial score (nSPS) is 11.4. The predicted molar refractivity (Wildman–Crippen MR) is 124 cm³/mol. The van der Waals surface area contributed by atoms with Crippen LogP contribution in [0.2, 0.25) is 0 Å². The van der Waals surface area contributed by atoms with E-state index in [0.29, 0.717) is 16.8 Å². The van der Waals surface area contributed by atoms with Crippen molar-refractivity contribution < 1.29 is 17.6 Å². The largest absolute Gasteiger partial charge is 0.322 e. The highest BCUT2D eigenvalue weighted by Gasteiger charge is 2.27. The van der Waals surface area contributed by atoms with Gasteiger partial charge in [-0.2, -0.15) is 12.7 Å². The third kappa shape index (κ3) is 5.49. The number of amides is 1. The van der Waals surface area contributed by atoms with Gasteiger partial charge in [0.1, 0.15) is 5.82 Å². The molecule has 6 nitrogen and oxygen atoms in total. The van der Waals surface area contributed by atoms with Gasteiger partial charge in [0.25, 0.3) is 5.91 Å². The SMILES string of the molecule is CN(C)S(=O)(=O)N(Cc1ccc(C(=O)Nc2cccc(Br)c2)cc1)c1ccccc1F. The number of carbonyl (C=O) groups excluding carboxylic acids is 1. The van der Waals surface area contributed by atoms with E-state index in [2.05, 4.69) is 21.2 Å². The molecule has 0 spiro atoms. The molecule has 0 bridgehead atoms. The molecule has 0 saturated carbocycles. The van der Waals surface area contributed by atoms with Crippen LogP contribution in [0.15, 0.2) is 77.3 Å². The zero-order valence-electron chi connectivity index (χ0n) is 16.9. The first-order valence-electron chi connectivity index (χ1n) is 9.29. The van der Waals surface area contributed by atoms with Gasteiger partial charge in [0, 0.05) is 29.8 Å². The maximum absolute atomic E-state index is 14.4. The number of hydrogen-bond donors (Lipinski definition) is 1. The number of halogens is 2. The fourth-order valence-electron chi connectivity index (χ4n) is 2.84. The maximum atomic E-state index is 14.4. The Hall–Kier alpha value is -2.75. The fourth-order valence-corrected chi connectivity index (χ4v) is 4.34. The molecule has 1 amide bonds. The summed E-state index contributed by atoms with van der Waals surface area (Å²) < 4.78 is 42.9. The number of benzene rings is 3. The first-order valence-corrected chi connectivity index (χ1v) is 11.5. The van der Waals surface area contributed by atoms with Crippen molar-refractivity contribution in [2.45, 2.75) is 6.54 Å². The van der Waals surface area contributed by atoms with E-state index in [0.717, 1.165) is 13.1 Å². The van der Waals surface area contributed by atoms with Crippen molar-refractivity contribution in [3.05, 3.63) is 94.2 Å². The van der Waals surface area contributed by atoms with Crippen LogP contribution in [0.3, 0.4) is 0 Å². The van der Waals surface area contributed by atoms with E-state index in [1.807, 2.05) is 12.1 Å². The number of nitrogens with zero attached hydrogens (tertiary/aromatic N) is 2. The maximum Gasteiger partial charge on any atom is 0.303 e. The molecule has 0 unspecified atom stereocenters. The van der Waals surface area contributed by atoms with Gasteiger partial charge in [-0.3, -0.25) is 9.10 Å². The van der Waals surface area contributed by atoms with Crippen molar-refractivity contribution in [1.29, 1.82) is 0 Å². The summed E-state index contributed by atoms with van der Waals surface area (Å²) in [5, 5.41) is 2.80. The summed E-state index contributed by atoms with van der Waals surface area (Å²) in [6.45, 7) is -0.0883. The molecule has 0 aliphatic heterocycles. The highest BCUT2D eigenvalue weighted by molar-refractivity contribution is 9.10. The van der Waals surface area contributed by atoms with Crippen LogP contribution in [-0.4, -0.2) is 32.7 Å². The molecular weight excluding hydrogens is 485 g/mol. The quantitative estimate of drug-likeness (QED) is 0.507. The lowest BCUT2D eigenvalue weighted by atomic mass is 10.1. The first-order chi connectivity index (χ1) is 14.7. The van der Waals surface area contributed by atoms with E-state index in [4.69, 9.17) is 0 Å². The minimum absolute atomic E-state index is 0.0484. The van der Waals surface area contributed by atoms with Crippen LogP contribution in [0.4, 0.5) is 15.8 Å². The molecule has 0 aliphatic carbocycles. The van der Waals surface area contributed by atoms with Gasteiger partial charge in [0.15, 0.2) is 0 Å². The topological polar surface area (TPSA) is 69.7 Å². The molecule has 0 saturated heterocycles. The van der Waals surface area contributed by atoms with Crippen molar-refractivity contribution in [2.24, 2.45) is 0 Å². The Morgan fingerprint density at radius 1 is 1.00 bits per heavy atom. The molecular formula is C22H21BrFN3O3S. The molecule has 1 N–H and O–H groups in total. The molecule has 0 atom stereocenters. The zero-order valence-corrected chi connectivity index (χ0v) is 19.3. The Morgan fingerprint density at radius 3 is 2.29 bits per heavy atom. The summed E-state index contributed by atoms with van der Waals surface area (Å²) >= 11 is 3.36. The van der Waals surface area contributed by atoms with Crippen LogP contribution < -0.4 is 9.62 Å². The fraction of sp³-hybridized carbons (Fsp3) is 0.136. The van der Waals surface area contributed by atoms with E-state index < -0.39 is 16.0 Å². The second kappa shape index (κ2) is 9.59. The van der Waals surface area contributed by atoms with Gasteiger partial charge in [0.2, 0.25) is 0 Å². The third-order valence-electron chi connectivity index (χ3n) is 4.49. The number of para-hydroxylation sites is 1. The molecule has 162 valence electrons. The Bertz CT molecular complexity index is 1180. The average Bonchev–Trinajstić information content (AvgIpc) is 2.73. The standard InChI is InChI=1S/C22H21BrFN3O3S/c1-26(2)31(29,30)27(21-9-4-3-8-20(21)24)15-16-10-12-17(13-11-16)22(28)25-19-7-5-6-18(23)14-19/h3-14H,15H2,1-2H3,(H,25,28). The smallest absolute Gasteiger partial charge is 0.303 e. The van der Waals surface area contributed by atoms with E-state index in [-0.39, 0.29) is 18.1 Å². The first kappa shape index (κ1) is 22.9. The summed E-state index contributed by atoms with van der Waals surface area (Å²) in [6, 6.07) is 19.4. The van der Waals surface area contributed by atoms with Gasteiger partial charge in [0.05, 0.1) is 12.2 Å². The molecule has 0 heterocycles. The minimum atomic E-state index is -3.94. The van der Waals surface area contributed by atoms with Gasteiger partial charge in [-0.1, -0.05) is 46.3 Å². The second-order valence-corrected chi connectivity index (χ2v) is 9.89. The summed E-state index contributed by atoms with van der Waals surface area (Å²) in [7, 11) is -1.17. The number of anilines is 2. The lowest BCUT2D eigenvalue weighted by Gasteiger charge is -2.27. The summed E-state index contributed by atoms with van der Waals surface area (Å²) in [5.74, 6) is -0.936. The number of hydrogen-bond acceptors (Lipinski definition) is 3. The molecule has 3 aromatic carbocycles. The van der Waals surface area contributed by atoms with Crippen LogP contribution >= 0.6 is 15.9 Å². The highest BCUT2D eigenvalue weighted by atomic mass is 79.9. The summed E-state index contributed by atoms with van der Waals surface area (Å²) in [6.07, 6.45) is 0. The summed E-state index contributed by atoms with van der Waals surface area (Å²) in [4.78, 5) is 12.5. The Morgan fingerprint density at radius 2 is 1.68 bits per heavy atom. The molecule has 9 heteroatoms. The zero-order chi connectivity index (χ0) is 22.6. The van der Waals surface area contributed by atoms with Crippen LogP contribution in [0.25, 0.3) is 0 Å². The minimum Gasteiger partial charge on any atom is -0.322 e. The molecule has 3 rings (SSSR count). The number of nitrogens with one attached hydrogen (secondary N) is 1. The number of carbonyl (C=O) groups is 1. The lowest BCUT2D eigenvalue weighted by molar-refractivity contribution is 0.102. The predicted octanol–water partition coefficient (Wildman–Crippen LogP) is 4.65. The van der Waals surface area contributed by atoms with E-state index in [1.54, 1.807) is 42.5 Å². The van der Waals surface area contributed by atoms with Gasteiger partial charge < -0.3 is 5.32 Å². The molecule has 0 radical (unpaired) electrons. The van der Waals surface area contributed by atoms with Crippen molar-refractivity contribution in [3.63, 3.8) is 0 Å². The average molecular weight is 506 g/mol. The van der Waals surface area contributed by atoms with Crippen LogP contribution in [-0.2, 0) is 16.8 Å². The van der Waals surface area contributed by atoms with Crippen molar-refractivity contribution in [3.8, 4) is 0 Å². The Balaban J connectivity index is 1.83. The van der Waals surface area contributed by atoms with Gasteiger partial charge in [-0.05, 0) is 48.0 Å². The van der Waals surface area contributed by atoms with Crippen molar-refractivity contribution >= 4 is 43.4 Å². The van der Waals surface area contributed by atoms with E-state index >= 15 is 0 Å². The Kier molecular flexibility index (Phi) is 7.09. The highest BCUT2D eigenvalue weighted by Crippen LogP contribution is 2.25. The lowest BCUT2D eigenvalue weighted by Crippen LogP contribution is -2.40. The van der Waals surface area contributed by atoms with Gasteiger partial charge in [-0.15, -0.1) is 0 Å². The van der Waals surface area contributed by atoms with Crippen LogP contribution in [0.1, 0.15) is 15.9 Å². The van der Waals surface area contributed by atoms with Crippen molar-refractivity contribution in [2.75, 3.05) is 23.7 Å². The number of rotatable bonds is 7.